The van der Waals surface area contributed by atoms with Gasteiger partial charge in [0.1, 0.15) is 11.8 Å². The van der Waals surface area contributed by atoms with E-state index in [0.717, 1.165) is 5.56 Å². The van der Waals surface area contributed by atoms with Crippen LogP contribution in [0.25, 0.3) is 0 Å². The maximum atomic E-state index is 13.4. The summed E-state index contributed by atoms with van der Waals surface area (Å²) in [7, 11) is 0. The van der Waals surface area contributed by atoms with Crippen molar-refractivity contribution in [3.05, 3.63) is 59.1 Å². The number of nitrogens with one attached hydrogen (secondary N) is 1. The number of carbonyl (C=O) groups excluding carboxylic acids is 3. The topological polar surface area (TPSA) is 83.1 Å². The van der Waals surface area contributed by atoms with Crippen molar-refractivity contribution in [1.29, 1.82) is 0 Å². The van der Waals surface area contributed by atoms with Crippen LogP contribution in [0.15, 0.2) is 48.5 Å². The molecule has 4 atom stereocenters. The zero-order valence-electron chi connectivity index (χ0n) is 14.5. The Labute approximate surface area is 160 Å². The third-order valence-electron chi connectivity index (χ3n) is 6.00. The van der Waals surface area contributed by atoms with Crippen LogP contribution in [-0.4, -0.2) is 23.8 Å². The minimum Gasteiger partial charge on any atom is -0.326 e. The molecule has 2 fully saturated rings. The predicted molar refractivity (Wildman–Crippen MR) is 99.1 cm³/mol. The number of benzene rings is 2. The van der Waals surface area contributed by atoms with Crippen molar-refractivity contribution in [3.8, 4) is 0 Å². The number of quaternary nitrogens is 1. The SMILES string of the molecule is C[C@@H]1[NH2+][C@@]2(C(=O)Nc3ccccc32)[C@@H]2C(=O)N(c3cccc(Cl)c3)C(=O)[C@H]12. The second-order valence-electron chi connectivity index (χ2n) is 7.39. The van der Waals surface area contributed by atoms with Crippen molar-refractivity contribution in [1.82, 2.24) is 0 Å². The van der Waals surface area contributed by atoms with Gasteiger partial charge in [-0.15, -0.1) is 0 Å². The Balaban J connectivity index is 1.67. The van der Waals surface area contributed by atoms with E-state index in [2.05, 4.69) is 5.32 Å². The van der Waals surface area contributed by atoms with Crippen LogP contribution in [0.4, 0.5) is 11.4 Å². The largest absolute Gasteiger partial charge is 0.326 e. The number of fused-ring (bicyclic) bond motifs is 4. The smallest absolute Gasteiger partial charge is 0.291 e. The van der Waals surface area contributed by atoms with E-state index in [4.69, 9.17) is 11.6 Å². The number of para-hydroxylation sites is 1. The molecule has 2 aromatic rings. The molecule has 1 spiro atoms. The van der Waals surface area contributed by atoms with Gasteiger partial charge in [-0.3, -0.25) is 14.4 Å². The number of anilines is 2. The normalized spacial score (nSPS) is 31.4. The molecule has 27 heavy (non-hydrogen) atoms. The molecule has 7 heteroatoms. The highest BCUT2D eigenvalue weighted by Crippen LogP contribution is 2.49. The van der Waals surface area contributed by atoms with Gasteiger partial charge in [0.2, 0.25) is 17.4 Å². The number of nitrogens with two attached hydrogens (primary N) is 1. The highest BCUT2D eigenvalue weighted by Gasteiger charge is 2.73. The molecule has 2 aromatic carbocycles. The van der Waals surface area contributed by atoms with Crippen LogP contribution < -0.4 is 15.5 Å². The van der Waals surface area contributed by atoms with E-state index in [1.165, 1.54) is 4.90 Å². The number of carbonyl (C=O) groups is 3. The van der Waals surface area contributed by atoms with Crippen LogP contribution >= 0.6 is 11.6 Å². The van der Waals surface area contributed by atoms with Gasteiger partial charge in [0.15, 0.2) is 0 Å². The van der Waals surface area contributed by atoms with Crippen LogP contribution in [-0.2, 0) is 19.9 Å². The van der Waals surface area contributed by atoms with Gasteiger partial charge in [-0.05, 0) is 31.2 Å². The molecule has 2 saturated heterocycles. The fourth-order valence-electron chi connectivity index (χ4n) is 4.97. The van der Waals surface area contributed by atoms with E-state index >= 15 is 0 Å². The second-order valence-corrected chi connectivity index (χ2v) is 7.83. The van der Waals surface area contributed by atoms with Crippen LogP contribution in [0.1, 0.15) is 12.5 Å². The van der Waals surface area contributed by atoms with Crippen molar-refractivity contribution in [3.63, 3.8) is 0 Å². The summed E-state index contributed by atoms with van der Waals surface area (Å²) in [6, 6.07) is 13.9. The molecule has 0 bridgehead atoms. The Kier molecular flexibility index (Phi) is 3.30. The Bertz CT molecular complexity index is 1020. The molecule has 5 rings (SSSR count). The summed E-state index contributed by atoms with van der Waals surface area (Å²) in [6.45, 7) is 1.90. The van der Waals surface area contributed by atoms with E-state index in [0.29, 0.717) is 16.4 Å². The number of hydrogen-bond acceptors (Lipinski definition) is 3. The van der Waals surface area contributed by atoms with Gasteiger partial charge in [0.05, 0.1) is 17.4 Å². The zero-order chi connectivity index (χ0) is 18.9. The van der Waals surface area contributed by atoms with Gasteiger partial charge >= 0.3 is 0 Å². The number of rotatable bonds is 1. The molecule has 3 aliphatic heterocycles. The molecule has 3 heterocycles. The molecule has 136 valence electrons. The molecule has 3 N–H and O–H groups in total. The number of imide groups is 1. The molecule has 0 aromatic heterocycles. The minimum absolute atomic E-state index is 0.201. The molecular weight excluding hydrogens is 366 g/mol. The molecular formula is C20H17ClN3O3+. The second kappa shape index (κ2) is 5.41. The third-order valence-corrected chi connectivity index (χ3v) is 6.23. The Morgan fingerprint density at radius 2 is 1.85 bits per heavy atom. The zero-order valence-corrected chi connectivity index (χ0v) is 15.2. The number of halogens is 1. The summed E-state index contributed by atoms with van der Waals surface area (Å²) in [5, 5.41) is 5.22. The maximum Gasteiger partial charge on any atom is 0.291 e. The van der Waals surface area contributed by atoms with Crippen molar-refractivity contribution in [2.24, 2.45) is 11.8 Å². The van der Waals surface area contributed by atoms with E-state index in [1.807, 2.05) is 36.5 Å². The lowest BCUT2D eigenvalue weighted by Crippen LogP contribution is -2.98. The van der Waals surface area contributed by atoms with E-state index < -0.39 is 17.4 Å². The number of amides is 3. The summed E-state index contributed by atoms with van der Waals surface area (Å²) in [4.78, 5) is 40.9. The van der Waals surface area contributed by atoms with E-state index in [9.17, 15) is 14.4 Å². The lowest BCUT2D eigenvalue weighted by atomic mass is 9.76. The van der Waals surface area contributed by atoms with Gasteiger partial charge in [-0.2, -0.15) is 0 Å². The molecule has 3 aliphatic rings. The Morgan fingerprint density at radius 1 is 1.07 bits per heavy atom. The average molecular weight is 383 g/mol. The molecule has 3 amide bonds. The summed E-state index contributed by atoms with van der Waals surface area (Å²) in [5.41, 5.74) is 0.804. The summed E-state index contributed by atoms with van der Waals surface area (Å²) in [6.07, 6.45) is 0. The van der Waals surface area contributed by atoms with Crippen LogP contribution in [0, 0.1) is 11.8 Å². The van der Waals surface area contributed by atoms with Crippen LogP contribution in [0.5, 0.6) is 0 Å². The van der Waals surface area contributed by atoms with Gasteiger partial charge in [0.25, 0.3) is 5.91 Å². The van der Waals surface area contributed by atoms with E-state index in [1.54, 1.807) is 24.3 Å². The molecule has 6 nitrogen and oxygen atoms in total. The van der Waals surface area contributed by atoms with Crippen molar-refractivity contribution >= 4 is 40.7 Å². The van der Waals surface area contributed by atoms with Crippen molar-refractivity contribution in [2.45, 2.75) is 18.5 Å². The fourth-order valence-corrected chi connectivity index (χ4v) is 5.15. The van der Waals surface area contributed by atoms with Gasteiger partial charge in [-0.25, -0.2) is 4.90 Å². The predicted octanol–water partition coefficient (Wildman–Crippen LogP) is 1.26. The monoisotopic (exact) mass is 382 g/mol. The molecule has 0 unspecified atom stereocenters. The molecule has 0 radical (unpaired) electrons. The Morgan fingerprint density at radius 3 is 2.63 bits per heavy atom. The van der Waals surface area contributed by atoms with Gasteiger partial charge in [0, 0.05) is 10.6 Å². The first-order chi connectivity index (χ1) is 12.9. The van der Waals surface area contributed by atoms with Crippen molar-refractivity contribution < 1.29 is 19.7 Å². The van der Waals surface area contributed by atoms with Crippen LogP contribution in [0.2, 0.25) is 5.02 Å². The van der Waals surface area contributed by atoms with Crippen LogP contribution in [0.3, 0.4) is 0 Å². The van der Waals surface area contributed by atoms with E-state index in [-0.39, 0.29) is 23.8 Å². The summed E-state index contributed by atoms with van der Waals surface area (Å²) >= 11 is 6.06. The summed E-state index contributed by atoms with van der Waals surface area (Å²) < 4.78 is 0. The third kappa shape index (κ3) is 1.97. The average Bonchev–Trinajstić information content (AvgIpc) is 3.20. The Hall–Kier alpha value is -2.70. The molecule has 0 aliphatic carbocycles. The standard InChI is InChI=1S/C20H16ClN3O3/c1-10-15-16(18(26)24(17(15)25)12-6-4-5-11(21)9-12)20(23-10)13-7-2-3-8-14(13)22-19(20)27/h2-10,15-16,23H,1H3,(H,22,27)/p+1/t10-,15+,16-,20+/m0/s1. The first-order valence-corrected chi connectivity index (χ1v) is 9.23. The van der Waals surface area contributed by atoms with Gasteiger partial charge < -0.3 is 10.6 Å². The minimum atomic E-state index is -1.11. The highest BCUT2D eigenvalue weighted by molar-refractivity contribution is 6.31. The first kappa shape index (κ1) is 16.5. The number of nitrogens with zero attached hydrogens (tertiary/aromatic N) is 1. The fraction of sp³-hybridized carbons (Fsp3) is 0.250. The lowest BCUT2D eigenvalue weighted by Gasteiger charge is -2.25. The highest BCUT2D eigenvalue weighted by atomic mass is 35.5. The molecule has 0 saturated carbocycles. The quantitative estimate of drug-likeness (QED) is 0.728. The number of hydrogen-bond donors (Lipinski definition) is 2. The summed E-state index contributed by atoms with van der Waals surface area (Å²) in [5.74, 6) is -2.17. The van der Waals surface area contributed by atoms with Crippen molar-refractivity contribution in [2.75, 3.05) is 10.2 Å². The first-order valence-electron chi connectivity index (χ1n) is 8.85. The maximum absolute atomic E-state index is 13.4. The van der Waals surface area contributed by atoms with Gasteiger partial charge in [-0.1, -0.05) is 35.9 Å². The lowest BCUT2D eigenvalue weighted by molar-refractivity contribution is -0.730.